The van der Waals surface area contributed by atoms with Crippen LogP contribution in [0.3, 0.4) is 0 Å². The minimum Gasteiger partial charge on any atom is -0.491 e. The van der Waals surface area contributed by atoms with E-state index in [2.05, 4.69) is 5.32 Å². The largest absolute Gasteiger partial charge is 0.491 e. The zero-order chi connectivity index (χ0) is 18.5. The Labute approximate surface area is 160 Å². The molecule has 1 aliphatic rings. The van der Waals surface area contributed by atoms with Crippen LogP contribution in [0.4, 0.5) is 0 Å². The maximum atomic E-state index is 12.9. The van der Waals surface area contributed by atoms with Crippen LogP contribution in [0.1, 0.15) is 31.0 Å². The van der Waals surface area contributed by atoms with Crippen molar-refractivity contribution in [1.29, 1.82) is 0 Å². The molecule has 0 bridgehead atoms. The number of para-hydroxylation sites is 1. The summed E-state index contributed by atoms with van der Waals surface area (Å²) >= 11 is 5.97. The summed E-state index contributed by atoms with van der Waals surface area (Å²) in [5, 5.41) is 4.20. The standard InChI is InChI=1S/C21H25ClN2O2/c1-15(2)26-20-6-4-3-5-17(20)13-21(25)24-12-11-23-19(14-24)16-7-9-18(22)10-8-16/h3-10,15,19,23H,11-14H2,1-2H3. The Kier molecular flexibility index (Phi) is 6.17. The molecule has 1 unspecified atom stereocenters. The lowest BCUT2D eigenvalue weighted by Gasteiger charge is -2.34. The van der Waals surface area contributed by atoms with Crippen molar-refractivity contribution >= 4 is 17.5 Å². The second-order valence-corrected chi connectivity index (χ2v) is 7.29. The van der Waals surface area contributed by atoms with Gasteiger partial charge in [-0.05, 0) is 37.6 Å². The van der Waals surface area contributed by atoms with Crippen molar-refractivity contribution in [3.63, 3.8) is 0 Å². The summed E-state index contributed by atoms with van der Waals surface area (Å²) in [6.07, 6.45) is 0.440. The van der Waals surface area contributed by atoms with E-state index in [0.29, 0.717) is 13.0 Å². The lowest BCUT2D eigenvalue weighted by Crippen LogP contribution is -2.48. The zero-order valence-electron chi connectivity index (χ0n) is 15.2. The molecule has 1 heterocycles. The molecular formula is C21H25ClN2O2. The van der Waals surface area contributed by atoms with Gasteiger partial charge in [0.25, 0.3) is 0 Å². The first kappa shape index (κ1) is 18.7. The highest BCUT2D eigenvalue weighted by Crippen LogP contribution is 2.23. The van der Waals surface area contributed by atoms with Gasteiger partial charge < -0.3 is 15.0 Å². The summed E-state index contributed by atoms with van der Waals surface area (Å²) < 4.78 is 5.84. The molecule has 26 heavy (non-hydrogen) atoms. The van der Waals surface area contributed by atoms with E-state index in [1.165, 1.54) is 0 Å². The molecule has 1 saturated heterocycles. The number of ether oxygens (including phenoxy) is 1. The predicted octanol–water partition coefficient (Wildman–Crippen LogP) is 3.84. The second kappa shape index (κ2) is 8.56. The quantitative estimate of drug-likeness (QED) is 0.866. The average Bonchev–Trinajstić information content (AvgIpc) is 2.63. The smallest absolute Gasteiger partial charge is 0.227 e. The Bertz CT molecular complexity index is 746. The van der Waals surface area contributed by atoms with E-state index in [1.807, 2.05) is 67.3 Å². The van der Waals surface area contributed by atoms with Gasteiger partial charge in [-0.3, -0.25) is 4.79 Å². The van der Waals surface area contributed by atoms with Gasteiger partial charge in [0.1, 0.15) is 5.75 Å². The number of amides is 1. The number of halogens is 1. The van der Waals surface area contributed by atoms with Gasteiger partial charge in [-0.1, -0.05) is 41.9 Å². The van der Waals surface area contributed by atoms with Gasteiger partial charge in [-0.2, -0.15) is 0 Å². The van der Waals surface area contributed by atoms with Crippen LogP contribution in [-0.2, 0) is 11.2 Å². The van der Waals surface area contributed by atoms with E-state index in [9.17, 15) is 4.79 Å². The fourth-order valence-electron chi connectivity index (χ4n) is 3.19. The molecular weight excluding hydrogens is 348 g/mol. The lowest BCUT2D eigenvalue weighted by molar-refractivity contribution is -0.131. The second-order valence-electron chi connectivity index (χ2n) is 6.85. The number of carbonyl (C=O) groups excluding carboxylic acids is 1. The van der Waals surface area contributed by atoms with Crippen LogP contribution in [0.25, 0.3) is 0 Å². The molecule has 0 radical (unpaired) electrons. The SMILES string of the molecule is CC(C)Oc1ccccc1CC(=O)N1CCNC(c2ccc(Cl)cc2)C1. The minimum absolute atomic E-state index is 0.0831. The number of piperazine rings is 1. The van der Waals surface area contributed by atoms with Crippen LogP contribution < -0.4 is 10.1 Å². The molecule has 1 amide bonds. The summed E-state index contributed by atoms with van der Waals surface area (Å²) in [7, 11) is 0. The number of hydrogen-bond donors (Lipinski definition) is 1. The first-order valence-electron chi connectivity index (χ1n) is 9.04. The highest BCUT2D eigenvalue weighted by atomic mass is 35.5. The molecule has 0 spiro atoms. The molecule has 2 aromatic rings. The Morgan fingerprint density at radius 1 is 1.23 bits per heavy atom. The Balaban J connectivity index is 1.67. The number of benzene rings is 2. The van der Waals surface area contributed by atoms with Crippen molar-refractivity contribution < 1.29 is 9.53 Å². The molecule has 0 saturated carbocycles. The summed E-state index contributed by atoms with van der Waals surface area (Å²) in [5.74, 6) is 0.922. The maximum Gasteiger partial charge on any atom is 0.227 e. The molecule has 5 heteroatoms. The first-order valence-corrected chi connectivity index (χ1v) is 9.42. The lowest BCUT2D eigenvalue weighted by atomic mass is 10.0. The predicted molar refractivity (Wildman–Crippen MR) is 105 cm³/mol. The summed E-state index contributed by atoms with van der Waals surface area (Å²) in [6, 6.07) is 15.7. The summed E-state index contributed by atoms with van der Waals surface area (Å²) in [5.41, 5.74) is 2.09. The topological polar surface area (TPSA) is 41.6 Å². The van der Waals surface area contributed by atoms with Gasteiger partial charge in [0.15, 0.2) is 0 Å². The summed E-state index contributed by atoms with van der Waals surface area (Å²) in [4.78, 5) is 14.8. The fraction of sp³-hybridized carbons (Fsp3) is 0.381. The molecule has 1 N–H and O–H groups in total. The highest BCUT2D eigenvalue weighted by molar-refractivity contribution is 6.30. The van der Waals surface area contributed by atoms with Gasteiger partial charge in [-0.25, -0.2) is 0 Å². The van der Waals surface area contributed by atoms with Crippen LogP contribution in [-0.4, -0.2) is 36.5 Å². The van der Waals surface area contributed by atoms with E-state index in [4.69, 9.17) is 16.3 Å². The van der Waals surface area contributed by atoms with E-state index in [-0.39, 0.29) is 18.1 Å². The Morgan fingerprint density at radius 3 is 2.69 bits per heavy atom. The number of hydrogen-bond acceptors (Lipinski definition) is 3. The van der Waals surface area contributed by atoms with E-state index in [0.717, 1.165) is 35.0 Å². The van der Waals surface area contributed by atoms with Crippen LogP contribution in [0.15, 0.2) is 48.5 Å². The fourth-order valence-corrected chi connectivity index (χ4v) is 3.31. The number of carbonyl (C=O) groups is 1. The maximum absolute atomic E-state index is 12.9. The van der Waals surface area contributed by atoms with Crippen LogP contribution in [0.2, 0.25) is 5.02 Å². The molecule has 1 aliphatic heterocycles. The van der Waals surface area contributed by atoms with Gasteiger partial charge >= 0.3 is 0 Å². The van der Waals surface area contributed by atoms with Crippen molar-refractivity contribution in [2.45, 2.75) is 32.4 Å². The van der Waals surface area contributed by atoms with E-state index in [1.54, 1.807) is 0 Å². The normalized spacial score (nSPS) is 17.4. The monoisotopic (exact) mass is 372 g/mol. The highest BCUT2D eigenvalue weighted by Gasteiger charge is 2.25. The summed E-state index contributed by atoms with van der Waals surface area (Å²) in [6.45, 7) is 6.14. The van der Waals surface area contributed by atoms with Crippen molar-refractivity contribution in [3.05, 3.63) is 64.7 Å². The van der Waals surface area contributed by atoms with Crippen LogP contribution in [0.5, 0.6) is 5.75 Å². The van der Waals surface area contributed by atoms with Crippen molar-refractivity contribution in [2.24, 2.45) is 0 Å². The van der Waals surface area contributed by atoms with Crippen LogP contribution >= 0.6 is 11.6 Å². The Morgan fingerprint density at radius 2 is 1.96 bits per heavy atom. The van der Waals surface area contributed by atoms with Crippen molar-refractivity contribution in [2.75, 3.05) is 19.6 Å². The van der Waals surface area contributed by atoms with Gasteiger partial charge in [0.05, 0.1) is 12.5 Å². The minimum atomic E-state index is 0.0831. The van der Waals surface area contributed by atoms with Gasteiger partial charge in [0, 0.05) is 36.3 Å². The van der Waals surface area contributed by atoms with Crippen molar-refractivity contribution in [3.8, 4) is 5.75 Å². The molecule has 0 aliphatic carbocycles. The van der Waals surface area contributed by atoms with Crippen molar-refractivity contribution in [1.82, 2.24) is 10.2 Å². The van der Waals surface area contributed by atoms with E-state index >= 15 is 0 Å². The average molecular weight is 373 g/mol. The molecule has 0 aromatic heterocycles. The van der Waals surface area contributed by atoms with Gasteiger partial charge in [0.2, 0.25) is 5.91 Å². The van der Waals surface area contributed by atoms with E-state index < -0.39 is 0 Å². The third-order valence-corrected chi connectivity index (χ3v) is 4.73. The molecule has 2 aromatic carbocycles. The molecule has 1 atom stereocenters. The third-order valence-electron chi connectivity index (χ3n) is 4.48. The molecule has 138 valence electrons. The number of rotatable bonds is 5. The van der Waals surface area contributed by atoms with Gasteiger partial charge in [-0.15, -0.1) is 0 Å². The first-order chi connectivity index (χ1) is 12.5. The molecule has 1 fully saturated rings. The Hall–Kier alpha value is -2.04. The zero-order valence-corrected chi connectivity index (χ0v) is 16.0. The molecule has 3 rings (SSSR count). The van der Waals surface area contributed by atoms with Crippen LogP contribution in [0, 0.1) is 0 Å². The number of nitrogens with zero attached hydrogens (tertiary/aromatic N) is 1. The number of nitrogens with one attached hydrogen (secondary N) is 1. The third kappa shape index (κ3) is 4.77. The molecule has 4 nitrogen and oxygen atoms in total.